The molecule has 0 heterocycles. The second-order valence-electron chi connectivity index (χ2n) is 3.79. The number of aryl methyl sites for hydroxylation is 2. The van der Waals surface area contributed by atoms with Gasteiger partial charge in [-0.2, -0.15) is 0 Å². The van der Waals surface area contributed by atoms with Gasteiger partial charge in [0, 0.05) is 12.5 Å². The van der Waals surface area contributed by atoms with Crippen molar-refractivity contribution in [3.05, 3.63) is 28.8 Å². The Morgan fingerprint density at radius 3 is 2.47 bits per heavy atom. The molecule has 1 atom stereocenters. The molecule has 3 heteroatoms. The van der Waals surface area contributed by atoms with Gasteiger partial charge in [-0.05, 0) is 36.6 Å². The lowest BCUT2D eigenvalue weighted by Gasteiger charge is -2.17. The number of methoxy groups -OCH3 is 1. The highest BCUT2D eigenvalue weighted by Crippen LogP contribution is 2.26. The van der Waals surface area contributed by atoms with Gasteiger partial charge in [-0.1, -0.05) is 6.07 Å². The topological polar surface area (TPSA) is 55.5 Å². The first-order valence-electron chi connectivity index (χ1n) is 5.10. The van der Waals surface area contributed by atoms with Gasteiger partial charge in [-0.25, -0.2) is 0 Å². The second-order valence-corrected chi connectivity index (χ2v) is 3.79. The molecule has 0 bridgehead atoms. The molecule has 0 fully saturated rings. The average molecular weight is 209 g/mol. The van der Waals surface area contributed by atoms with Crippen molar-refractivity contribution in [3.63, 3.8) is 0 Å². The zero-order valence-electron chi connectivity index (χ0n) is 9.58. The van der Waals surface area contributed by atoms with Crippen molar-refractivity contribution in [2.75, 3.05) is 20.3 Å². The molecule has 0 amide bonds. The summed E-state index contributed by atoms with van der Waals surface area (Å²) in [5, 5.41) is 9.21. The predicted octanol–water partition coefficient (Wildman–Crippen LogP) is 1.35. The fourth-order valence-electron chi connectivity index (χ4n) is 1.77. The molecule has 0 saturated carbocycles. The van der Waals surface area contributed by atoms with Crippen molar-refractivity contribution in [3.8, 4) is 5.75 Å². The first-order valence-corrected chi connectivity index (χ1v) is 5.10. The minimum absolute atomic E-state index is 0.0228. The van der Waals surface area contributed by atoms with Crippen molar-refractivity contribution in [1.29, 1.82) is 0 Å². The maximum absolute atomic E-state index is 9.21. The van der Waals surface area contributed by atoms with Crippen molar-refractivity contribution in [2.24, 2.45) is 5.73 Å². The number of hydrogen-bond donors (Lipinski definition) is 2. The maximum atomic E-state index is 9.21. The summed E-state index contributed by atoms with van der Waals surface area (Å²) < 4.78 is 5.23. The highest BCUT2D eigenvalue weighted by Gasteiger charge is 2.13. The number of nitrogens with two attached hydrogens (primary N) is 1. The van der Waals surface area contributed by atoms with Gasteiger partial charge in [0.1, 0.15) is 5.75 Å². The van der Waals surface area contributed by atoms with Crippen LogP contribution in [0.15, 0.2) is 12.1 Å². The van der Waals surface area contributed by atoms with Crippen LogP contribution in [-0.4, -0.2) is 25.4 Å². The molecule has 84 valence electrons. The lowest BCUT2D eigenvalue weighted by atomic mass is 9.93. The molecule has 0 radical (unpaired) electrons. The van der Waals surface area contributed by atoms with E-state index in [0.29, 0.717) is 6.54 Å². The number of aliphatic hydroxyl groups excluding tert-OH is 1. The van der Waals surface area contributed by atoms with E-state index in [1.54, 1.807) is 7.11 Å². The van der Waals surface area contributed by atoms with E-state index in [-0.39, 0.29) is 12.5 Å². The molecular formula is C12H19NO2. The summed E-state index contributed by atoms with van der Waals surface area (Å²) in [6.07, 6.45) is 0. The Kier molecular flexibility index (Phi) is 4.12. The van der Waals surface area contributed by atoms with Crippen LogP contribution >= 0.6 is 0 Å². The summed E-state index contributed by atoms with van der Waals surface area (Å²) in [6.45, 7) is 4.55. The van der Waals surface area contributed by atoms with E-state index in [4.69, 9.17) is 10.5 Å². The van der Waals surface area contributed by atoms with Gasteiger partial charge in [0.05, 0.1) is 13.7 Å². The quantitative estimate of drug-likeness (QED) is 0.787. The lowest BCUT2D eigenvalue weighted by molar-refractivity contribution is 0.267. The second kappa shape index (κ2) is 5.14. The molecule has 0 aliphatic heterocycles. The fourth-order valence-corrected chi connectivity index (χ4v) is 1.77. The van der Waals surface area contributed by atoms with Crippen LogP contribution in [0.1, 0.15) is 22.6 Å². The molecule has 1 aromatic carbocycles. The minimum atomic E-state index is 0.0228. The SMILES string of the molecule is COc1cc(C)c(C(CN)CO)cc1C. The molecule has 15 heavy (non-hydrogen) atoms. The van der Waals surface area contributed by atoms with Crippen molar-refractivity contribution < 1.29 is 9.84 Å². The molecule has 1 aromatic rings. The molecule has 0 spiro atoms. The largest absolute Gasteiger partial charge is 0.496 e. The van der Waals surface area contributed by atoms with Gasteiger partial charge >= 0.3 is 0 Å². The van der Waals surface area contributed by atoms with Gasteiger partial charge in [-0.15, -0.1) is 0 Å². The third kappa shape index (κ3) is 2.49. The first kappa shape index (κ1) is 12.0. The average Bonchev–Trinajstić information content (AvgIpc) is 2.24. The lowest BCUT2D eigenvalue weighted by Crippen LogP contribution is -2.17. The van der Waals surface area contributed by atoms with Crippen LogP contribution in [-0.2, 0) is 0 Å². The first-order chi connectivity index (χ1) is 7.13. The van der Waals surface area contributed by atoms with Crippen LogP contribution in [0.4, 0.5) is 0 Å². The van der Waals surface area contributed by atoms with E-state index < -0.39 is 0 Å². The van der Waals surface area contributed by atoms with Crippen molar-refractivity contribution >= 4 is 0 Å². The number of ether oxygens (including phenoxy) is 1. The summed E-state index contributed by atoms with van der Waals surface area (Å²) in [4.78, 5) is 0. The fraction of sp³-hybridized carbons (Fsp3) is 0.500. The molecule has 0 aromatic heterocycles. The Morgan fingerprint density at radius 2 is 2.00 bits per heavy atom. The molecular weight excluding hydrogens is 190 g/mol. The molecule has 0 saturated heterocycles. The summed E-state index contributed by atoms with van der Waals surface area (Å²) >= 11 is 0. The van der Waals surface area contributed by atoms with Gasteiger partial charge in [0.15, 0.2) is 0 Å². The molecule has 1 unspecified atom stereocenters. The van der Waals surface area contributed by atoms with E-state index in [1.165, 1.54) is 0 Å². The summed E-state index contributed by atoms with van der Waals surface area (Å²) in [7, 11) is 1.66. The Hall–Kier alpha value is -1.06. The minimum Gasteiger partial charge on any atom is -0.496 e. The number of benzene rings is 1. The Balaban J connectivity index is 3.14. The standard InChI is InChI=1S/C12H19NO2/c1-8-5-12(15-3)9(2)4-11(8)10(6-13)7-14/h4-5,10,14H,6-7,13H2,1-3H3. The molecule has 0 aliphatic rings. The van der Waals surface area contributed by atoms with E-state index >= 15 is 0 Å². The zero-order chi connectivity index (χ0) is 11.4. The third-order valence-corrected chi connectivity index (χ3v) is 2.73. The molecule has 3 N–H and O–H groups in total. The maximum Gasteiger partial charge on any atom is 0.122 e. The van der Waals surface area contributed by atoms with Crippen LogP contribution in [0.25, 0.3) is 0 Å². The van der Waals surface area contributed by atoms with Crippen molar-refractivity contribution in [1.82, 2.24) is 0 Å². The number of aliphatic hydroxyl groups is 1. The van der Waals surface area contributed by atoms with E-state index in [2.05, 4.69) is 0 Å². The van der Waals surface area contributed by atoms with Crippen LogP contribution in [0.3, 0.4) is 0 Å². The molecule has 0 aliphatic carbocycles. The summed E-state index contributed by atoms with van der Waals surface area (Å²) in [5.74, 6) is 0.902. The van der Waals surface area contributed by atoms with Gasteiger partial charge < -0.3 is 15.6 Å². The molecule has 3 nitrogen and oxygen atoms in total. The third-order valence-electron chi connectivity index (χ3n) is 2.73. The Labute approximate surface area is 90.9 Å². The number of rotatable bonds is 4. The number of hydrogen-bond acceptors (Lipinski definition) is 3. The van der Waals surface area contributed by atoms with Crippen LogP contribution < -0.4 is 10.5 Å². The Morgan fingerprint density at radius 1 is 1.33 bits per heavy atom. The zero-order valence-corrected chi connectivity index (χ0v) is 9.58. The van der Waals surface area contributed by atoms with Gasteiger partial charge in [-0.3, -0.25) is 0 Å². The normalized spacial score (nSPS) is 12.6. The summed E-state index contributed by atoms with van der Waals surface area (Å²) in [6, 6.07) is 4.03. The van der Waals surface area contributed by atoms with Gasteiger partial charge in [0.2, 0.25) is 0 Å². The predicted molar refractivity (Wildman–Crippen MR) is 61.3 cm³/mol. The van der Waals surface area contributed by atoms with E-state index in [1.807, 2.05) is 26.0 Å². The highest BCUT2D eigenvalue weighted by molar-refractivity contribution is 5.43. The van der Waals surface area contributed by atoms with Crippen LogP contribution in [0.2, 0.25) is 0 Å². The monoisotopic (exact) mass is 209 g/mol. The highest BCUT2D eigenvalue weighted by atomic mass is 16.5. The van der Waals surface area contributed by atoms with E-state index in [9.17, 15) is 5.11 Å². The van der Waals surface area contributed by atoms with Gasteiger partial charge in [0.25, 0.3) is 0 Å². The summed E-state index contributed by atoms with van der Waals surface area (Å²) in [5.41, 5.74) is 8.91. The van der Waals surface area contributed by atoms with Crippen molar-refractivity contribution in [2.45, 2.75) is 19.8 Å². The Bertz CT molecular complexity index is 333. The van der Waals surface area contributed by atoms with Crippen LogP contribution in [0.5, 0.6) is 5.75 Å². The molecule has 1 rings (SSSR count). The smallest absolute Gasteiger partial charge is 0.122 e. The van der Waals surface area contributed by atoms with E-state index in [0.717, 1.165) is 22.4 Å². The van der Waals surface area contributed by atoms with Crippen LogP contribution in [0, 0.1) is 13.8 Å².